The lowest BCUT2D eigenvalue weighted by molar-refractivity contribution is -0.144. The molecule has 0 radical (unpaired) electrons. The first-order valence-electron chi connectivity index (χ1n) is 17.4. The normalized spacial score (nSPS) is 16.0. The van der Waals surface area contributed by atoms with Crippen molar-refractivity contribution in [3.05, 3.63) is 72.3 Å². The Labute approximate surface area is 305 Å². The minimum Gasteiger partial charge on any atom is -0.508 e. The zero-order chi connectivity index (χ0) is 37.2. The fraction of sp³-hybridized carbons (Fsp3) is 0.447. The van der Waals surface area contributed by atoms with Gasteiger partial charge in [-0.3, -0.25) is 14.4 Å². The van der Waals surface area contributed by atoms with Crippen molar-refractivity contribution in [2.45, 2.75) is 93.5 Å². The van der Waals surface area contributed by atoms with Crippen LogP contribution in [-0.4, -0.2) is 61.2 Å². The van der Waals surface area contributed by atoms with Gasteiger partial charge in [0.1, 0.15) is 22.4 Å². The predicted octanol–water partition coefficient (Wildman–Crippen LogP) is 6.97. The van der Waals surface area contributed by atoms with Gasteiger partial charge in [0.05, 0.1) is 22.0 Å². The number of hydrogen-bond acceptors (Lipinski definition) is 9. The van der Waals surface area contributed by atoms with E-state index >= 15 is 0 Å². The molecule has 1 aliphatic rings. The second kappa shape index (κ2) is 17.9. The summed E-state index contributed by atoms with van der Waals surface area (Å²) in [6.45, 7) is 5.74. The van der Waals surface area contributed by atoms with Crippen molar-refractivity contribution in [1.82, 2.24) is 10.0 Å². The van der Waals surface area contributed by atoms with Crippen LogP contribution >= 0.6 is 11.8 Å². The number of phenols is 1. The van der Waals surface area contributed by atoms with Crippen LogP contribution in [0.5, 0.6) is 11.5 Å². The first-order valence-corrected chi connectivity index (χ1v) is 20.1. The van der Waals surface area contributed by atoms with Crippen molar-refractivity contribution in [1.29, 1.82) is 0 Å². The van der Waals surface area contributed by atoms with Crippen LogP contribution in [0.4, 0.5) is 11.4 Å². The number of carboxylic acid groups (broad SMARTS) is 1. The number of hydrogen-bond donors (Lipinski definition) is 4. The van der Waals surface area contributed by atoms with Gasteiger partial charge < -0.3 is 25.2 Å². The Bertz CT molecular complexity index is 1760. The molecule has 1 amide bonds. The van der Waals surface area contributed by atoms with Crippen LogP contribution in [0.25, 0.3) is 0 Å². The van der Waals surface area contributed by atoms with Gasteiger partial charge in [0.25, 0.3) is 5.91 Å². The third-order valence-corrected chi connectivity index (χ3v) is 11.6. The van der Waals surface area contributed by atoms with E-state index in [4.69, 9.17) is 4.74 Å². The summed E-state index contributed by atoms with van der Waals surface area (Å²) in [4.78, 5) is 41.1. The standard InChI is InChI=1S/C38H49N3O8S2/c1-5-8-19-38(20-9-6-2)25-41(28-13-11-10-12-14-28)30-22-33(50-4)32(23-34(30)51(47,48)40-38)49-24-35(44)39-36(27-15-17-29(42)18-16-27)31(43)21-26(7-3)37(45)46/h10-18,22-23,26,36,40,42H,5-9,19-21,24-25H2,1-4H3,(H,39,44)(H,45,46)/t26?,36-/m1/s1. The van der Waals surface area contributed by atoms with E-state index in [0.29, 0.717) is 35.5 Å². The van der Waals surface area contributed by atoms with Gasteiger partial charge in [-0.05, 0) is 61.4 Å². The molecule has 1 heterocycles. The number of benzene rings is 3. The molecule has 0 aromatic heterocycles. The Balaban J connectivity index is 1.68. The van der Waals surface area contributed by atoms with Gasteiger partial charge in [0, 0.05) is 24.7 Å². The maximum atomic E-state index is 14.3. The number of carbonyl (C=O) groups is 3. The van der Waals surface area contributed by atoms with Gasteiger partial charge >= 0.3 is 5.97 Å². The molecule has 13 heteroatoms. The molecule has 51 heavy (non-hydrogen) atoms. The second-order valence-electron chi connectivity index (χ2n) is 13.0. The number of nitrogens with zero attached hydrogens (tertiary/aromatic N) is 1. The Morgan fingerprint density at radius 3 is 2.22 bits per heavy atom. The summed E-state index contributed by atoms with van der Waals surface area (Å²) in [5.41, 5.74) is 1.02. The van der Waals surface area contributed by atoms with Gasteiger partial charge in [-0.25, -0.2) is 13.1 Å². The van der Waals surface area contributed by atoms with Gasteiger partial charge in [0.15, 0.2) is 12.4 Å². The summed E-state index contributed by atoms with van der Waals surface area (Å²) in [7, 11) is -4.06. The molecule has 1 aliphatic heterocycles. The van der Waals surface area contributed by atoms with E-state index < -0.39 is 51.8 Å². The van der Waals surface area contributed by atoms with Crippen LogP contribution in [0.2, 0.25) is 0 Å². The molecule has 276 valence electrons. The molecule has 0 bridgehead atoms. The van der Waals surface area contributed by atoms with E-state index in [1.165, 1.54) is 42.1 Å². The van der Waals surface area contributed by atoms with Crippen LogP contribution in [0.3, 0.4) is 0 Å². The first kappa shape index (κ1) is 39.7. The number of aromatic hydroxyl groups is 1. The third kappa shape index (κ3) is 10.0. The Morgan fingerprint density at radius 2 is 1.65 bits per heavy atom. The topological polar surface area (TPSA) is 162 Å². The maximum absolute atomic E-state index is 14.3. The number of anilines is 2. The van der Waals surface area contributed by atoms with Crippen molar-refractivity contribution in [2.75, 3.05) is 24.3 Å². The van der Waals surface area contributed by atoms with Crippen molar-refractivity contribution < 1.29 is 37.8 Å². The van der Waals surface area contributed by atoms with E-state index in [0.717, 1.165) is 31.4 Å². The lowest BCUT2D eigenvalue weighted by Gasteiger charge is -2.37. The molecule has 0 saturated carbocycles. The van der Waals surface area contributed by atoms with Crippen molar-refractivity contribution in [2.24, 2.45) is 5.92 Å². The molecule has 2 atom stereocenters. The minimum absolute atomic E-state index is 0.0332. The van der Waals surface area contributed by atoms with Crippen LogP contribution in [-0.2, 0) is 24.4 Å². The average molecular weight is 740 g/mol. The third-order valence-electron chi connectivity index (χ3n) is 9.22. The molecule has 3 aromatic carbocycles. The molecule has 0 aliphatic carbocycles. The number of amides is 1. The largest absolute Gasteiger partial charge is 0.508 e. The number of Topliss-reactive ketones (excluding diaryl/α,β-unsaturated/α-hetero) is 1. The monoisotopic (exact) mass is 739 g/mol. The Kier molecular flexibility index (Phi) is 14.0. The summed E-state index contributed by atoms with van der Waals surface area (Å²) in [5, 5.41) is 22.0. The number of thioether (sulfide) groups is 1. The average Bonchev–Trinajstić information content (AvgIpc) is 3.21. The lowest BCUT2D eigenvalue weighted by Crippen LogP contribution is -2.53. The number of para-hydroxylation sites is 1. The highest BCUT2D eigenvalue weighted by Crippen LogP contribution is 2.44. The minimum atomic E-state index is -4.06. The molecular weight excluding hydrogens is 691 g/mol. The van der Waals surface area contributed by atoms with Gasteiger partial charge in [0.2, 0.25) is 10.0 Å². The molecule has 4 N–H and O–H groups in total. The zero-order valence-electron chi connectivity index (χ0n) is 29.7. The summed E-state index contributed by atoms with van der Waals surface area (Å²) in [6.07, 6.45) is 6.65. The van der Waals surface area contributed by atoms with Crippen molar-refractivity contribution in [3.8, 4) is 11.5 Å². The fourth-order valence-corrected chi connectivity index (χ4v) is 8.58. The number of aliphatic carboxylic acids is 1. The molecule has 1 unspecified atom stereocenters. The van der Waals surface area contributed by atoms with Crippen LogP contribution < -0.4 is 19.7 Å². The first-order chi connectivity index (χ1) is 24.4. The molecule has 0 saturated heterocycles. The molecule has 0 spiro atoms. The highest BCUT2D eigenvalue weighted by atomic mass is 32.2. The molecule has 11 nitrogen and oxygen atoms in total. The summed E-state index contributed by atoms with van der Waals surface area (Å²) in [5.74, 6) is -3.06. The van der Waals surface area contributed by atoms with Gasteiger partial charge in [-0.15, -0.1) is 11.8 Å². The SMILES string of the molecule is CCCCC1(CCCC)CN(c2ccccc2)c2cc(SC)c(OCC(=O)N[C@@H](C(=O)CC(CC)C(=O)O)c3ccc(O)cc3)cc2S(=O)(=O)N1. The number of rotatable bonds is 18. The molecule has 3 aromatic rings. The molecular formula is C38H49N3O8S2. The van der Waals surface area contributed by atoms with Crippen LogP contribution in [0, 0.1) is 5.92 Å². The lowest BCUT2D eigenvalue weighted by atomic mass is 9.87. The summed E-state index contributed by atoms with van der Waals surface area (Å²) >= 11 is 1.35. The van der Waals surface area contributed by atoms with E-state index in [1.54, 1.807) is 13.0 Å². The fourth-order valence-electron chi connectivity index (χ4n) is 6.37. The number of phenolic OH excluding ortho intramolecular Hbond substituents is 1. The Hall–Kier alpha value is -4.07. The number of nitrogens with one attached hydrogen (secondary N) is 2. The zero-order valence-corrected chi connectivity index (χ0v) is 31.3. The van der Waals surface area contributed by atoms with Gasteiger partial charge in [-0.2, -0.15) is 0 Å². The molecule has 4 rings (SSSR count). The Morgan fingerprint density at radius 1 is 1.00 bits per heavy atom. The second-order valence-corrected chi connectivity index (χ2v) is 15.5. The van der Waals surface area contributed by atoms with Crippen LogP contribution in [0.15, 0.2) is 76.5 Å². The molecule has 0 fully saturated rings. The van der Waals surface area contributed by atoms with Crippen molar-refractivity contribution >= 4 is 50.8 Å². The smallest absolute Gasteiger partial charge is 0.306 e. The predicted molar refractivity (Wildman–Crippen MR) is 199 cm³/mol. The van der Waals surface area contributed by atoms with Crippen molar-refractivity contribution in [3.63, 3.8) is 0 Å². The number of sulfonamides is 1. The number of unbranched alkanes of at least 4 members (excludes halogenated alkanes) is 2. The number of ketones is 1. The summed E-state index contributed by atoms with van der Waals surface area (Å²) < 4.78 is 37.7. The van der Waals surface area contributed by atoms with Gasteiger partial charge in [-0.1, -0.05) is 76.8 Å². The number of fused-ring (bicyclic) bond motifs is 1. The quantitative estimate of drug-likeness (QED) is 0.100. The maximum Gasteiger partial charge on any atom is 0.306 e. The highest BCUT2D eigenvalue weighted by molar-refractivity contribution is 7.98. The van der Waals surface area contributed by atoms with E-state index in [2.05, 4.69) is 28.8 Å². The summed E-state index contributed by atoms with van der Waals surface area (Å²) in [6, 6.07) is 17.5. The van der Waals surface area contributed by atoms with E-state index in [1.807, 2.05) is 36.6 Å². The number of carbonyl (C=O) groups excluding carboxylic acids is 2. The number of carboxylic acids is 1. The van der Waals surface area contributed by atoms with Crippen LogP contribution in [0.1, 0.15) is 83.7 Å². The number of ether oxygens (including phenoxy) is 1. The van der Waals surface area contributed by atoms with E-state index in [-0.39, 0.29) is 29.2 Å². The van der Waals surface area contributed by atoms with E-state index in [9.17, 15) is 33.0 Å². The highest BCUT2D eigenvalue weighted by Gasteiger charge is 2.42.